The van der Waals surface area contributed by atoms with Gasteiger partial charge >= 0.3 is 11.9 Å². The Bertz CT molecular complexity index is 572. The van der Waals surface area contributed by atoms with E-state index in [4.69, 9.17) is 14.2 Å². The number of carbonyl (C=O) groups excluding carboxylic acids is 2. The molecule has 1 atom stereocenters. The minimum absolute atomic E-state index is 0.156. The van der Waals surface area contributed by atoms with Crippen molar-refractivity contribution in [1.29, 1.82) is 0 Å². The second kappa shape index (κ2) is 6.10. The highest BCUT2D eigenvalue weighted by atomic mass is 16.6. The molecule has 1 saturated heterocycles. The summed E-state index contributed by atoms with van der Waals surface area (Å²) in [6, 6.07) is 6.25. The Balaban J connectivity index is 1.97. The Kier molecular flexibility index (Phi) is 4.43. The first-order valence-electron chi connectivity index (χ1n) is 6.62. The van der Waals surface area contributed by atoms with Crippen molar-refractivity contribution in [2.75, 3.05) is 19.8 Å². The van der Waals surface area contributed by atoms with Gasteiger partial charge in [-0.2, -0.15) is 0 Å². The van der Waals surface area contributed by atoms with Gasteiger partial charge in [0, 0.05) is 0 Å². The Morgan fingerprint density at radius 2 is 1.86 bits per heavy atom. The summed E-state index contributed by atoms with van der Waals surface area (Å²) in [6.07, 6.45) is 0. The van der Waals surface area contributed by atoms with Crippen molar-refractivity contribution in [3.8, 4) is 0 Å². The smallest absolute Gasteiger partial charge is 0.338 e. The number of hydrogen-bond acceptors (Lipinski definition) is 5. The van der Waals surface area contributed by atoms with Crippen LogP contribution in [-0.2, 0) is 14.2 Å². The predicted molar refractivity (Wildman–Crippen MR) is 76.2 cm³/mol. The largest absolute Gasteiger partial charge is 0.459 e. The van der Waals surface area contributed by atoms with Crippen LogP contribution < -0.4 is 0 Å². The van der Waals surface area contributed by atoms with Crippen LogP contribution in [-0.4, -0.2) is 37.4 Å². The normalized spacial score (nSPS) is 19.7. The lowest BCUT2D eigenvalue weighted by Crippen LogP contribution is -2.18. The molecule has 0 bridgehead atoms. The van der Waals surface area contributed by atoms with Crippen molar-refractivity contribution < 1.29 is 23.8 Å². The number of epoxide rings is 1. The maximum atomic E-state index is 11.9. The van der Waals surface area contributed by atoms with Crippen molar-refractivity contribution in [1.82, 2.24) is 0 Å². The molecule has 1 aromatic carbocycles. The summed E-state index contributed by atoms with van der Waals surface area (Å²) in [5, 5.41) is 0. The lowest BCUT2D eigenvalue weighted by Gasteiger charge is -2.08. The summed E-state index contributed by atoms with van der Waals surface area (Å²) < 4.78 is 15.3. The highest BCUT2D eigenvalue weighted by Crippen LogP contribution is 2.26. The molecule has 112 valence electrons. The zero-order valence-corrected chi connectivity index (χ0v) is 12.2. The Hall–Kier alpha value is -2.14. The average Bonchev–Trinajstić information content (AvgIpc) is 3.20. The van der Waals surface area contributed by atoms with Crippen LogP contribution in [0.5, 0.6) is 0 Å². The third kappa shape index (κ3) is 4.43. The van der Waals surface area contributed by atoms with Crippen molar-refractivity contribution in [3.63, 3.8) is 0 Å². The van der Waals surface area contributed by atoms with Crippen LogP contribution in [0, 0.1) is 0 Å². The van der Waals surface area contributed by atoms with Crippen LogP contribution in [0.25, 0.3) is 0 Å². The van der Waals surface area contributed by atoms with Gasteiger partial charge < -0.3 is 14.2 Å². The predicted octanol–water partition coefficient (Wildman–Crippen LogP) is 2.37. The fraction of sp³-hybridized carbons (Fsp3) is 0.375. The van der Waals surface area contributed by atoms with E-state index >= 15 is 0 Å². The summed E-state index contributed by atoms with van der Waals surface area (Å²) in [4.78, 5) is 23.7. The highest BCUT2D eigenvalue weighted by Gasteiger charge is 2.40. The molecule has 1 heterocycles. The lowest BCUT2D eigenvalue weighted by atomic mass is 10.1. The summed E-state index contributed by atoms with van der Waals surface area (Å²) >= 11 is 0. The van der Waals surface area contributed by atoms with E-state index in [0.717, 1.165) is 5.57 Å². The van der Waals surface area contributed by atoms with E-state index < -0.39 is 11.9 Å². The van der Waals surface area contributed by atoms with E-state index in [2.05, 4.69) is 6.58 Å². The van der Waals surface area contributed by atoms with Crippen molar-refractivity contribution >= 4 is 11.9 Å². The number of ether oxygens (including phenoxy) is 3. The van der Waals surface area contributed by atoms with Gasteiger partial charge in [0.2, 0.25) is 0 Å². The van der Waals surface area contributed by atoms with Gasteiger partial charge in [0.25, 0.3) is 0 Å². The molecule has 0 spiro atoms. The van der Waals surface area contributed by atoms with E-state index in [0.29, 0.717) is 17.7 Å². The summed E-state index contributed by atoms with van der Waals surface area (Å²) in [7, 11) is 0. The molecule has 0 aromatic heterocycles. The first kappa shape index (κ1) is 15.3. The Morgan fingerprint density at radius 1 is 1.29 bits per heavy atom. The quantitative estimate of drug-likeness (QED) is 0.457. The number of carbonyl (C=O) groups is 2. The molecule has 5 heteroatoms. The minimum Gasteiger partial charge on any atom is -0.459 e. The standard InChI is InChI=1S/C16H18O5/c1-11(2)8-19-14(17)12-5-4-6-13(7-12)15(18)20-9-16(3)10-21-16/h4-7H,1,8-10H2,2-3H3/t16-/m0/s1. The number of benzene rings is 1. The maximum absolute atomic E-state index is 11.9. The molecule has 1 fully saturated rings. The average molecular weight is 290 g/mol. The summed E-state index contributed by atoms with van der Waals surface area (Å²) in [5.74, 6) is -0.980. The first-order valence-corrected chi connectivity index (χ1v) is 6.62. The molecule has 1 aromatic rings. The second-order valence-corrected chi connectivity index (χ2v) is 5.43. The second-order valence-electron chi connectivity index (χ2n) is 5.43. The minimum atomic E-state index is -0.495. The Morgan fingerprint density at radius 3 is 2.38 bits per heavy atom. The molecule has 0 N–H and O–H groups in total. The fourth-order valence-electron chi connectivity index (χ4n) is 1.55. The van der Waals surface area contributed by atoms with E-state index in [-0.39, 0.29) is 18.8 Å². The third-order valence-electron chi connectivity index (χ3n) is 2.93. The van der Waals surface area contributed by atoms with Crippen LogP contribution in [0.4, 0.5) is 0 Å². The molecule has 0 aliphatic carbocycles. The molecule has 0 saturated carbocycles. The SMILES string of the molecule is C=C(C)COC(=O)c1cccc(C(=O)OC[C@@]2(C)CO2)c1. The van der Waals surface area contributed by atoms with Crippen molar-refractivity contribution in [2.45, 2.75) is 19.4 Å². The molecule has 0 amide bonds. The van der Waals surface area contributed by atoms with Gasteiger partial charge in [-0.25, -0.2) is 9.59 Å². The molecule has 21 heavy (non-hydrogen) atoms. The van der Waals surface area contributed by atoms with E-state index in [1.54, 1.807) is 25.1 Å². The molecular weight excluding hydrogens is 272 g/mol. The van der Waals surface area contributed by atoms with Gasteiger partial charge in [0.05, 0.1) is 17.7 Å². The number of esters is 2. The lowest BCUT2D eigenvalue weighted by molar-refractivity contribution is 0.0411. The van der Waals surface area contributed by atoms with Crippen molar-refractivity contribution in [3.05, 3.63) is 47.5 Å². The van der Waals surface area contributed by atoms with E-state index in [1.165, 1.54) is 6.07 Å². The Labute approximate surface area is 123 Å². The molecule has 1 aliphatic rings. The third-order valence-corrected chi connectivity index (χ3v) is 2.93. The zero-order chi connectivity index (χ0) is 15.5. The van der Waals surface area contributed by atoms with Gasteiger partial charge in [-0.05, 0) is 37.6 Å². The number of rotatable bonds is 6. The van der Waals surface area contributed by atoms with Crippen LogP contribution >= 0.6 is 0 Å². The van der Waals surface area contributed by atoms with Crippen molar-refractivity contribution in [2.24, 2.45) is 0 Å². The van der Waals surface area contributed by atoms with Gasteiger partial charge in [0.1, 0.15) is 18.8 Å². The van der Waals surface area contributed by atoms with E-state index in [1.807, 2.05) is 6.92 Å². The van der Waals surface area contributed by atoms with Crippen LogP contribution in [0.1, 0.15) is 34.6 Å². The molecule has 0 radical (unpaired) electrons. The monoisotopic (exact) mass is 290 g/mol. The van der Waals surface area contributed by atoms with Gasteiger partial charge in [-0.1, -0.05) is 12.6 Å². The van der Waals surface area contributed by atoms with Gasteiger partial charge in [0.15, 0.2) is 0 Å². The molecule has 2 rings (SSSR count). The first-order chi connectivity index (χ1) is 9.89. The molecule has 5 nitrogen and oxygen atoms in total. The highest BCUT2D eigenvalue weighted by molar-refractivity contribution is 5.95. The molecular formula is C16H18O5. The van der Waals surface area contributed by atoms with Crippen LogP contribution in [0.15, 0.2) is 36.4 Å². The molecule has 0 unspecified atom stereocenters. The zero-order valence-electron chi connectivity index (χ0n) is 12.2. The van der Waals surface area contributed by atoms with Crippen LogP contribution in [0.3, 0.4) is 0 Å². The van der Waals surface area contributed by atoms with Gasteiger partial charge in [-0.3, -0.25) is 0 Å². The summed E-state index contributed by atoms with van der Waals surface area (Å²) in [5.41, 5.74) is 1.01. The maximum Gasteiger partial charge on any atom is 0.338 e. The summed E-state index contributed by atoms with van der Waals surface area (Å²) in [6.45, 7) is 8.24. The van der Waals surface area contributed by atoms with Crippen LogP contribution in [0.2, 0.25) is 0 Å². The topological polar surface area (TPSA) is 65.1 Å². The van der Waals surface area contributed by atoms with E-state index in [9.17, 15) is 9.59 Å². The fourth-order valence-corrected chi connectivity index (χ4v) is 1.55. The number of hydrogen-bond donors (Lipinski definition) is 0. The molecule has 1 aliphatic heterocycles. The van der Waals surface area contributed by atoms with Gasteiger partial charge in [-0.15, -0.1) is 0 Å².